The lowest BCUT2D eigenvalue weighted by Crippen LogP contribution is -2.31. The van der Waals surface area contributed by atoms with E-state index in [1.54, 1.807) is 7.11 Å². The Kier molecular flexibility index (Phi) is 7.09. The fourth-order valence-corrected chi connectivity index (χ4v) is 9.69. The van der Waals surface area contributed by atoms with Crippen LogP contribution in [0.5, 0.6) is 5.75 Å². The number of methoxy groups -OCH3 is 1. The summed E-state index contributed by atoms with van der Waals surface area (Å²) in [4.78, 5) is 17.0. The van der Waals surface area contributed by atoms with E-state index < -0.39 is 0 Å². The van der Waals surface area contributed by atoms with Gasteiger partial charge in [-0.3, -0.25) is 9.97 Å². The monoisotopic (exact) mass is 736 g/mol. The van der Waals surface area contributed by atoms with Crippen LogP contribution >= 0.6 is 0 Å². The summed E-state index contributed by atoms with van der Waals surface area (Å²) in [6.45, 7) is 9.52. The summed E-state index contributed by atoms with van der Waals surface area (Å²) in [6.07, 6.45) is 3.65. The molecule has 5 heteroatoms. The van der Waals surface area contributed by atoms with Crippen LogP contribution in [0.1, 0.15) is 49.9 Å². The number of anilines is 3. The molecular formula is C52H40N4O. The van der Waals surface area contributed by atoms with Crippen molar-refractivity contribution in [3.05, 3.63) is 174 Å². The maximum absolute atomic E-state index is 5.71. The van der Waals surface area contributed by atoms with Gasteiger partial charge >= 0.3 is 0 Å². The van der Waals surface area contributed by atoms with Gasteiger partial charge in [-0.25, -0.2) is 4.98 Å². The summed E-state index contributed by atoms with van der Waals surface area (Å²) in [5, 5.41) is 7.49. The number of ether oxygens (including phenoxy) is 1. The second-order valence-electron chi connectivity index (χ2n) is 16.4. The molecule has 274 valence electrons. The van der Waals surface area contributed by atoms with E-state index in [0.29, 0.717) is 0 Å². The fourth-order valence-electron chi connectivity index (χ4n) is 9.69. The molecule has 11 rings (SSSR count). The number of hydrogen-bond acceptors (Lipinski definition) is 5. The smallest absolute Gasteiger partial charge is 0.119 e. The molecule has 0 amide bonds. The van der Waals surface area contributed by atoms with Gasteiger partial charge in [0.05, 0.1) is 46.9 Å². The molecule has 9 aromatic rings. The van der Waals surface area contributed by atoms with E-state index in [0.717, 1.165) is 39.9 Å². The largest absolute Gasteiger partial charge is 0.497 e. The molecule has 3 aromatic heterocycles. The van der Waals surface area contributed by atoms with Crippen molar-refractivity contribution in [1.29, 1.82) is 0 Å². The SMILES string of the molecule is COc1ccc2c(c1)c1ccccc1c1cc3c(cc21)C(C)(C)c1cc2c(cc1-3)C(C)(C)c1ccccc1N2c1cc(-c2ccccn2)nc(-c2ccccn2)c1. The van der Waals surface area contributed by atoms with Crippen LogP contribution < -0.4 is 9.64 Å². The summed E-state index contributed by atoms with van der Waals surface area (Å²) >= 11 is 0. The molecule has 1 aliphatic carbocycles. The molecule has 0 unspecified atom stereocenters. The Bertz CT molecular complexity index is 3060. The standard InChI is InChI=1S/C52H40N4O/c1-51(2)41-16-8-9-19-49(41)56(31-24-47(45-17-10-12-22-53-45)55-48(25-31)46-18-11-13-23-54-46)50-30-43-40(29-44(50)51)39-27-37-34-15-7-6-14-33(34)36-26-32(57-5)20-21-35(36)38(37)28-42(39)52(43,3)4/h6-30H,1-5H3. The summed E-state index contributed by atoms with van der Waals surface area (Å²) in [6, 6.07) is 50.4. The molecule has 0 atom stereocenters. The first-order valence-electron chi connectivity index (χ1n) is 19.6. The Morgan fingerprint density at radius 2 is 1.00 bits per heavy atom. The van der Waals surface area contributed by atoms with Crippen LogP contribution in [0.3, 0.4) is 0 Å². The van der Waals surface area contributed by atoms with Crippen molar-refractivity contribution in [2.24, 2.45) is 0 Å². The van der Waals surface area contributed by atoms with Crippen LogP contribution in [0, 0.1) is 0 Å². The van der Waals surface area contributed by atoms with E-state index in [1.165, 1.54) is 71.4 Å². The summed E-state index contributed by atoms with van der Waals surface area (Å²) in [7, 11) is 1.74. The van der Waals surface area contributed by atoms with Crippen LogP contribution in [-0.4, -0.2) is 22.1 Å². The highest BCUT2D eigenvalue weighted by molar-refractivity contribution is 6.26. The average Bonchev–Trinajstić information content (AvgIpc) is 3.47. The number of aromatic nitrogens is 3. The minimum Gasteiger partial charge on any atom is -0.497 e. The first-order valence-corrected chi connectivity index (χ1v) is 19.6. The normalized spacial score (nSPS) is 14.6. The van der Waals surface area contributed by atoms with Crippen molar-refractivity contribution in [2.45, 2.75) is 38.5 Å². The average molecular weight is 737 g/mol. The van der Waals surface area contributed by atoms with E-state index in [-0.39, 0.29) is 10.8 Å². The second kappa shape index (κ2) is 12.1. The van der Waals surface area contributed by atoms with Gasteiger partial charge < -0.3 is 9.64 Å². The first-order chi connectivity index (χ1) is 27.7. The topological polar surface area (TPSA) is 51.1 Å². The quantitative estimate of drug-likeness (QED) is 0.168. The van der Waals surface area contributed by atoms with E-state index in [1.807, 2.05) is 48.8 Å². The molecule has 0 fully saturated rings. The molecule has 0 spiro atoms. The third-order valence-corrected chi connectivity index (χ3v) is 12.6. The van der Waals surface area contributed by atoms with Crippen molar-refractivity contribution in [1.82, 2.24) is 15.0 Å². The van der Waals surface area contributed by atoms with Gasteiger partial charge in [0.2, 0.25) is 0 Å². The summed E-state index contributed by atoms with van der Waals surface area (Å²) in [5.74, 6) is 0.869. The van der Waals surface area contributed by atoms with Gasteiger partial charge in [-0.15, -0.1) is 0 Å². The maximum Gasteiger partial charge on any atom is 0.119 e. The number of para-hydroxylation sites is 1. The van der Waals surface area contributed by atoms with Crippen LogP contribution in [0.2, 0.25) is 0 Å². The van der Waals surface area contributed by atoms with Gasteiger partial charge in [-0.1, -0.05) is 88.4 Å². The molecule has 0 N–H and O–H groups in total. The van der Waals surface area contributed by atoms with Crippen molar-refractivity contribution >= 4 is 49.4 Å². The van der Waals surface area contributed by atoms with Gasteiger partial charge in [0.25, 0.3) is 0 Å². The maximum atomic E-state index is 5.71. The zero-order chi connectivity index (χ0) is 38.6. The highest BCUT2D eigenvalue weighted by Gasteiger charge is 2.42. The second-order valence-corrected chi connectivity index (χ2v) is 16.4. The third-order valence-electron chi connectivity index (χ3n) is 12.6. The molecule has 0 bridgehead atoms. The van der Waals surface area contributed by atoms with Gasteiger partial charge in [0, 0.05) is 23.2 Å². The molecule has 4 heterocycles. The lowest BCUT2D eigenvalue weighted by Gasteiger charge is -2.43. The van der Waals surface area contributed by atoms with E-state index in [9.17, 15) is 0 Å². The Hall–Kier alpha value is -6.85. The minimum absolute atomic E-state index is 0.262. The van der Waals surface area contributed by atoms with Gasteiger partial charge in [-0.05, 0) is 145 Å². The Labute approximate surface area is 332 Å². The van der Waals surface area contributed by atoms with Gasteiger partial charge in [0.1, 0.15) is 5.75 Å². The summed E-state index contributed by atoms with van der Waals surface area (Å²) < 4.78 is 5.71. The lowest BCUT2D eigenvalue weighted by molar-refractivity contribution is 0.415. The van der Waals surface area contributed by atoms with E-state index in [4.69, 9.17) is 19.7 Å². The molecule has 0 saturated heterocycles. The third kappa shape index (κ3) is 4.85. The molecule has 57 heavy (non-hydrogen) atoms. The van der Waals surface area contributed by atoms with E-state index >= 15 is 0 Å². The zero-order valence-electron chi connectivity index (χ0n) is 32.6. The molecule has 2 aliphatic rings. The van der Waals surface area contributed by atoms with Crippen LogP contribution in [0.4, 0.5) is 17.1 Å². The van der Waals surface area contributed by atoms with E-state index in [2.05, 4.69) is 136 Å². The zero-order valence-corrected chi connectivity index (χ0v) is 32.6. The lowest BCUT2D eigenvalue weighted by atomic mass is 9.72. The Morgan fingerprint density at radius 3 is 1.67 bits per heavy atom. The van der Waals surface area contributed by atoms with Crippen LogP contribution in [-0.2, 0) is 10.8 Å². The molecular weight excluding hydrogens is 697 g/mol. The summed E-state index contributed by atoms with van der Waals surface area (Å²) in [5.41, 5.74) is 13.9. The highest BCUT2D eigenvalue weighted by atomic mass is 16.5. The number of pyridine rings is 3. The number of nitrogens with zero attached hydrogens (tertiary/aromatic N) is 4. The highest BCUT2D eigenvalue weighted by Crippen LogP contribution is 2.58. The molecule has 6 aromatic carbocycles. The van der Waals surface area contributed by atoms with Gasteiger partial charge in [0.15, 0.2) is 0 Å². The predicted octanol–water partition coefficient (Wildman–Crippen LogP) is 13.1. The van der Waals surface area contributed by atoms with Crippen LogP contribution in [0.25, 0.3) is 66.2 Å². The Morgan fingerprint density at radius 1 is 0.439 bits per heavy atom. The minimum atomic E-state index is -0.274. The number of hydrogen-bond donors (Lipinski definition) is 0. The van der Waals surface area contributed by atoms with Crippen LogP contribution in [0.15, 0.2) is 152 Å². The number of rotatable bonds is 4. The van der Waals surface area contributed by atoms with Crippen molar-refractivity contribution < 1.29 is 4.74 Å². The molecule has 0 radical (unpaired) electrons. The Balaban J connectivity index is 1.18. The van der Waals surface area contributed by atoms with Crippen molar-refractivity contribution in [2.75, 3.05) is 12.0 Å². The van der Waals surface area contributed by atoms with Gasteiger partial charge in [-0.2, -0.15) is 0 Å². The van der Waals surface area contributed by atoms with Crippen molar-refractivity contribution in [3.8, 4) is 39.7 Å². The fraction of sp³-hybridized carbons (Fsp3) is 0.135. The molecule has 1 aliphatic heterocycles. The predicted molar refractivity (Wildman–Crippen MR) is 234 cm³/mol. The number of fused-ring (bicyclic) bond motifs is 11. The first kappa shape index (κ1) is 33.5. The molecule has 5 nitrogen and oxygen atoms in total. The van der Waals surface area contributed by atoms with Crippen molar-refractivity contribution in [3.63, 3.8) is 0 Å². The molecule has 0 saturated carbocycles. The number of benzene rings is 6.